The van der Waals surface area contributed by atoms with Gasteiger partial charge in [-0.3, -0.25) is 4.72 Å². The molecule has 0 spiro atoms. The lowest BCUT2D eigenvalue weighted by atomic mass is 10.1. The first-order valence-corrected chi connectivity index (χ1v) is 10.9. The molecule has 152 valence electrons. The molecule has 1 N–H and O–H groups in total. The number of fused-ring (bicyclic) bond motifs is 1. The Hall–Kier alpha value is -3.00. The molecule has 3 aromatic rings. The Labute approximate surface area is 170 Å². The predicted octanol–water partition coefficient (Wildman–Crippen LogP) is 3.70. The summed E-state index contributed by atoms with van der Waals surface area (Å²) in [5.74, 6) is 1.78. The average molecular weight is 413 g/mol. The van der Waals surface area contributed by atoms with Crippen LogP contribution in [0.25, 0.3) is 11.3 Å². The lowest BCUT2D eigenvalue weighted by Gasteiger charge is -2.14. The van der Waals surface area contributed by atoms with Crippen LogP contribution < -0.4 is 14.2 Å². The van der Waals surface area contributed by atoms with Gasteiger partial charge in [-0.15, -0.1) is 0 Å². The van der Waals surface area contributed by atoms with Crippen LogP contribution in [0.15, 0.2) is 53.6 Å². The summed E-state index contributed by atoms with van der Waals surface area (Å²) >= 11 is 0. The molecule has 4 rings (SSSR count). The molecule has 29 heavy (non-hydrogen) atoms. The highest BCUT2D eigenvalue weighted by Gasteiger charge is 2.23. The molecule has 0 aliphatic carbocycles. The largest absolute Gasteiger partial charge is 0.497 e. The fraction of sp³-hybridized carbons (Fsp3) is 0.286. The Balaban J connectivity index is 1.71. The van der Waals surface area contributed by atoms with E-state index >= 15 is 0 Å². The summed E-state index contributed by atoms with van der Waals surface area (Å²) < 4.78 is 41.5. The second-order valence-electron chi connectivity index (χ2n) is 6.86. The van der Waals surface area contributed by atoms with Crippen LogP contribution in [0.5, 0.6) is 11.5 Å². The van der Waals surface area contributed by atoms with Gasteiger partial charge >= 0.3 is 0 Å². The van der Waals surface area contributed by atoms with Gasteiger partial charge < -0.3 is 14.0 Å². The van der Waals surface area contributed by atoms with E-state index in [0.717, 1.165) is 42.9 Å². The van der Waals surface area contributed by atoms with Crippen molar-refractivity contribution in [3.8, 4) is 22.8 Å². The number of rotatable bonds is 6. The molecule has 2 aromatic carbocycles. The molecule has 0 unspecified atom stereocenters. The Kier molecular flexibility index (Phi) is 5.19. The van der Waals surface area contributed by atoms with E-state index in [1.54, 1.807) is 24.3 Å². The van der Waals surface area contributed by atoms with Gasteiger partial charge in [-0.2, -0.15) is 0 Å². The molecule has 1 aliphatic rings. The second-order valence-corrected chi connectivity index (χ2v) is 8.51. The fourth-order valence-corrected chi connectivity index (χ4v) is 4.77. The molecular weight excluding hydrogens is 390 g/mol. The third-order valence-corrected chi connectivity index (χ3v) is 6.42. The number of hydrogen-bond acceptors (Lipinski definition) is 5. The maximum Gasteiger partial charge on any atom is 0.265 e. The number of ether oxygens (including phenoxy) is 2. The summed E-state index contributed by atoms with van der Waals surface area (Å²) in [5, 5.41) is 0. The van der Waals surface area contributed by atoms with Crippen molar-refractivity contribution in [3.05, 3.63) is 54.5 Å². The highest BCUT2D eigenvalue weighted by molar-refractivity contribution is 7.92. The molecule has 2 heterocycles. The molecule has 8 heteroatoms. The van der Waals surface area contributed by atoms with E-state index in [0.29, 0.717) is 11.4 Å². The maximum atomic E-state index is 13.1. The molecule has 0 atom stereocenters. The van der Waals surface area contributed by atoms with Crippen molar-refractivity contribution in [2.75, 3.05) is 18.9 Å². The molecule has 0 fully saturated rings. The minimum absolute atomic E-state index is 0.0414. The molecule has 0 radical (unpaired) electrons. The first kappa shape index (κ1) is 19.3. The van der Waals surface area contributed by atoms with Crippen molar-refractivity contribution in [2.24, 2.45) is 0 Å². The lowest BCUT2D eigenvalue weighted by Crippen LogP contribution is -2.14. The quantitative estimate of drug-likeness (QED) is 0.666. The number of aryl methyl sites for hydroxylation is 2. The van der Waals surface area contributed by atoms with E-state index in [9.17, 15) is 8.42 Å². The van der Waals surface area contributed by atoms with Gasteiger partial charge in [0.2, 0.25) is 0 Å². The smallest absolute Gasteiger partial charge is 0.265 e. The van der Waals surface area contributed by atoms with Crippen LogP contribution in [-0.4, -0.2) is 32.2 Å². The monoisotopic (exact) mass is 413 g/mol. The molecule has 1 aliphatic heterocycles. The molecule has 0 saturated heterocycles. The molecular formula is C21H23N3O4S. The fourth-order valence-electron chi connectivity index (χ4n) is 3.53. The molecule has 1 aromatic heterocycles. The lowest BCUT2D eigenvalue weighted by molar-refractivity contribution is 0.386. The van der Waals surface area contributed by atoms with Crippen LogP contribution in [0.3, 0.4) is 0 Å². The number of aromatic nitrogens is 2. The van der Waals surface area contributed by atoms with Crippen LogP contribution in [0, 0.1) is 0 Å². The number of hydrogen-bond donors (Lipinski definition) is 1. The zero-order valence-corrected chi connectivity index (χ0v) is 17.2. The summed E-state index contributed by atoms with van der Waals surface area (Å²) in [6.45, 7) is 0.944. The average Bonchev–Trinajstić information content (AvgIpc) is 3.17. The van der Waals surface area contributed by atoms with E-state index in [2.05, 4.69) is 9.29 Å². The first-order chi connectivity index (χ1) is 14.0. The van der Waals surface area contributed by atoms with Gasteiger partial charge in [0.15, 0.2) is 0 Å². The number of anilines is 1. The zero-order chi connectivity index (χ0) is 20.4. The van der Waals surface area contributed by atoms with Crippen LogP contribution in [0.1, 0.15) is 18.7 Å². The standard InChI is InChI=1S/C21H23N3O4S/c1-27-15-10-11-20(19(13-15)28-2)29(25,26)23-17-8-4-3-7-16(17)18-14-24-12-6-5-9-21(24)22-18/h3-4,7-8,10-11,13-14,23H,5-6,9,12H2,1-2H3. The minimum Gasteiger partial charge on any atom is -0.497 e. The summed E-state index contributed by atoms with van der Waals surface area (Å²) in [6, 6.07) is 11.9. The number of nitrogens with one attached hydrogen (secondary N) is 1. The Morgan fingerprint density at radius 1 is 1.07 bits per heavy atom. The summed E-state index contributed by atoms with van der Waals surface area (Å²) in [6.07, 6.45) is 5.20. The summed E-state index contributed by atoms with van der Waals surface area (Å²) in [5.41, 5.74) is 1.98. The number of benzene rings is 2. The van der Waals surface area contributed by atoms with Crippen molar-refractivity contribution in [3.63, 3.8) is 0 Å². The highest BCUT2D eigenvalue weighted by atomic mass is 32.2. The van der Waals surface area contributed by atoms with Crippen molar-refractivity contribution in [1.82, 2.24) is 9.55 Å². The first-order valence-electron chi connectivity index (χ1n) is 9.42. The molecule has 0 saturated carbocycles. The Morgan fingerprint density at radius 3 is 2.66 bits per heavy atom. The van der Waals surface area contributed by atoms with E-state index in [1.165, 1.54) is 20.3 Å². The van der Waals surface area contributed by atoms with Gasteiger partial charge in [-0.25, -0.2) is 13.4 Å². The van der Waals surface area contributed by atoms with E-state index in [1.807, 2.05) is 18.3 Å². The number of nitrogens with zero attached hydrogens (tertiary/aromatic N) is 2. The van der Waals surface area contributed by atoms with E-state index in [4.69, 9.17) is 14.5 Å². The summed E-state index contributed by atoms with van der Waals surface area (Å²) in [7, 11) is -0.935. The SMILES string of the molecule is COc1ccc(S(=O)(=O)Nc2ccccc2-c2cn3c(n2)CCCC3)c(OC)c1. The number of para-hydroxylation sites is 1. The van der Waals surface area contributed by atoms with Crippen LogP contribution in [0.4, 0.5) is 5.69 Å². The number of sulfonamides is 1. The van der Waals surface area contributed by atoms with Crippen molar-refractivity contribution in [2.45, 2.75) is 30.7 Å². The number of methoxy groups -OCH3 is 2. The topological polar surface area (TPSA) is 82.5 Å². The third-order valence-electron chi connectivity index (χ3n) is 5.02. The second kappa shape index (κ2) is 7.79. The van der Waals surface area contributed by atoms with Gasteiger partial charge in [0.25, 0.3) is 10.0 Å². The van der Waals surface area contributed by atoms with Crippen molar-refractivity contribution < 1.29 is 17.9 Å². The molecule has 0 bridgehead atoms. The van der Waals surface area contributed by atoms with Crippen LogP contribution in [-0.2, 0) is 23.0 Å². The van der Waals surface area contributed by atoms with E-state index < -0.39 is 10.0 Å². The minimum atomic E-state index is -3.88. The summed E-state index contributed by atoms with van der Waals surface area (Å²) in [4.78, 5) is 4.77. The van der Waals surface area contributed by atoms with Gasteiger partial charge in [-0.1, -0.05) is 18.2 Å². The zero-order valence-electron chi connectivity index (χ0n) is 16.4. The van der Waals surface area contributed by atoms with Crippen molar-refractivity contribution in [1.29, 1.82) is 0 Å². The van der Waals surface area contributed by atoms with Gasteiger partial charge in [0.1, 0.15) is 22.2 Å². The van der Waals surface area contributed by atoms with Gasteiger partial charge in [-0.05, 0) is 31.0 Å². The highest BCUT2D eigenvalue weighted by Crippen LogP contribution is 2.33. The van der Waals surface area contributed by atoms with Gasteiger partial charge in [0.05, 0.1) is 25.6 Å². The number of imidazole rings is 1. The normalized spacial score (nSPS) is 13.6. The van der Waals surface area contributed by atoms with Crippen molar-refractivity contribution >= 4 is 15.7 Å². The molecule has 0 amide bonds. The molecule has 7 nitrogen and oxygen atoms in total. The Bertz CT molecular complexity index is 1120. The van der Waals surface area contributed by atoms with Crippen LogP contribution >= 0.6 is 0 Å². The van der Waals surface area contributed by atoms with Gasteiger partial charge in [0, 0.05) is 30.8 Å². The van der Waals surface area contributed by atoms with Crippen LogP contribution in [0.2, 0.25) is 0 Å². The maximum absolute atomic E-state index is 13.1. The third kappa shape index (κ3) is 3.80. The Morgan fingerprint density at radius 2 is 1.90 bits per heavy atom. The predicted molar refractivity (Wildman–Crippen MR) is 111 cm³/mol. The van der Waals surface area contributed by atoms with E-state index in [-0.39, 0.29) is 10.6 Å².